The van der Waals surface area contributed by atoms with Crippen molar-refractivity contribution < 1.29 is 14.7 Å². The lowest BCUT2D eigenvalue weighted by molar-refractivity contribution is -0.131. The highest BCUT2D eigenvalue weighted by atomic mass is 35.5. The summed E-state index contributed by atoms with van der Waals surface area (Å²) in [4.78, 5) is 22.6. The molecule has 0 aliphatic heterocycles. The highest BCUT2D eigenvalue weighted by molar-refractivity contribution is 6.32. The second-order valence-corrected chi connectivity index (χ2v) is 5.68. The predicted molar refractivity (Wildman–Crippen MR) is 77.8 cm³/mol. The van der Waals surface area contributed by atoms with Gasteiger partial charge in [0.25, 0.3) is 5.91 Å². The van der Waals surface area contributed by atoms with Gasteiger partial charge in [0.05, 0.1) is 0 Å². The molecule has 1 aromatic carbocycles. The maximum Gasteiger partial charge on any atom is 0.328 e. The largest absolute Gasteiger partial charge is 0.478 e. The van der Waals surface area contributed by atoms with Crippen molar-refractivity contribution in [3.63, 3.8) is 0 Å². The Labute approximate surface area is 122 Å². The van der Waals surface area contributed by atoms with Gasteiger partial charge in [-0.1, -0.05) is 17.7 Å². The number of carbonyl (C=O) groups excluding carboxylic acids is 1. The van der Waals surface area contributed by atoms with Crippen molar-refractivity contribution in [3.05, 3.63) is 40.4 Å². The van der Waals surface area contributed by atoms with Gasteiger partial charge in [0, 0.05) is 22.2 Å². The number of carboxylic acid groups (broad SMARTS) is 1. The quantitative estimate of drug-likeness (QED) is 0.838. The molecule has 1 aliphatic carbocycles. The third kappa shape index (κ3) is 3.39. The van der Waals surface area contributed by atoms with E-state index in [9.17, 15) is 9.59 Å². The number of rotatable bonds is 4. The number of amides is 1. The Hall–Kier alpha value is -1.81. The average Bonchev–Trinajstić information content (AvgIpc) is 2.35. The maximum absolute atomic E-state index is 12.1. The van der Waals surface area contributed by atoms with Crippen molar-refractivity contribution in [1.29, 1.82) is 0 Å². The number of hydrogen-bond acceptors (Lipinski definition) is 2. The summed E-state index contributed by atoms with van der Waals surface area (Å²) in [6, 6.07) is 4.84. The van der Waals surface area contributed by atoms with Gasteiger partial charge in [-0.2, -0.15) is 0 Å². The van der Waals surface area contributed by atoms with Crippen LogP contribution in [-0.4, -0.2) is 22.5 Å². The summed E-state index contributed by atoms with van der Waals surface area (Å²) in [6.45, 7) is 2.03. The van der Waals surface area contributed by atoms with Crippen molar-refractivity contribution >= 4 is 29.6 Å². The number of carboxylic acids is 1. The van der Waals surface area contributed by atoms with E-state index >= 15 is 0 Å². The first-order chi connectivity index (χ1) is 9.39. The van der Waals surface area contributed by atoms with E-state index in [0.717, 1.165) is 25.3 Å². The lowest BCUT2D eigenvalue weighted by atomic mass is 9.78. The van der Waals surface area contributed by atoms with Crippen LogP contribution in [0.3, 0.4) is 0 Å². The van der Waals surface area contributed by atoms with E-state index in [1.807, 2.05) is 6.92 Å². The van der Waals surface area contributed by atoms with Gasteiger partial charge in [0.15, 0.2) is 0 Å². The van der Waals surface area contributed by atoms with Crippen molar-refractivity contribution in [2.45, 2.75) is 31.7 Å². The molecule has 0 unspecified atom stereocenters. The topological polar surface area (TPSA) is 66.4 Å². The normalized spacial score (nSPS) is 16.7. The molecule has 0 spiro atoms. The molecule has 0 radical (unpaired) electrons. The Balaban J connectivity index is 2.12. The van der Waals surface area contributed by atoms with Crippen LogP contribution in [0.25, 0.3) is 6.08 Å². The molecule has 1 aromatic rings. The van der Waals surface area contributed by atoms with E-state index in [1.165, 1.54) is 6.08 Å². The number of hydrogen-bond donors (Lipinski definition) is 2. The molecule has 0 saturated heterocycles. The lowest BCUT2D eigenvalue weighted by Crippen LogP contribution is -2.50. The maximum atomic E-state index is 12.1. The van der Waals surface area contributed by atoms with Crippen LogP contribution >= 0.6 is 11.6 Å². The zero-order valence-corrected chi connectivity index (χ0v) is 11.9. The van der Waals surface area contributed by atoms with Gasteiger partial charge in [-0.05, 0) is 50.0 Å². The Morgan fingerprint density at radius 1 is 1.40 bits per heavy atom. The lowest BCUT2D eigenvalue weighted by Gasteiger charge is -2.39. The van der Waals surface area contributed by atoms with E-state index < -0.39 is 5.97 Å². The zero-order chi connectivity index (χ0) is 14.8. The van der Waals surface area contributed by atoms with Gasteiger partial charge in [0.2, 0.25) is 0 Å². The van der Waals surface area contributed by atoms with Crippen LogP contribution in [0.1, 0.15) is 42.1 Å². The molecule has 1 fully saturated rings. The SMILES string of the molecule is CC1(NC(=O)c2ccc(/C=C/C(=O)O)c(Cl)c2)CCC1. The molecule has 2 N–H and O–H groups in total. The Bertz CT molecular complexity index is 576. The van der Waals surface area contributed by atoms with Gasteiger partial charge in [0.1, 0.15) is 0 Å². The minimum Gasteiger partial charge on any atom is -0.478 e. The first-order valence-corrected chi connectivity index (χ1v) is 6.80. The molecule has 0 bridgehead atoms. The fourth-order valence-electron chi connectivity index (χ4n) is 2.14. The Morgan fingerprint density at radius 2 is 2.10 bits per heavy atom. The Morgan fingerprint density at radius 3 is 2.60 bits per heavy atom. The molecule has 0 heterocycles. The van der Waals surface area contributed by atoms with E-state index in [1.54, 1.807) is 18.2 Å². The van der Waals surface area contributed by atoms with Crippen molar-refractivity contribution in [3.8, 4) is 0 Å². The van der Waals surface area contributed by atoms with Crippen LogP contribution in [0, 0.1) is 0 Å². The highest BCUT2D eigenvalue weighted by Crippen LogP contribution is 2.31. The van der Waals surface area contributed by atoms with Crippen LogP contribution in [0.15, 0.2) is 24.3 Å². The summed E-state index contributed by atoms with van der Waals surface area (Å²) < 4.78 is 0. The average molecular weight is 294 g/mol. The molecule has 2 rings (SSSR count). The fraction of sp³-hybridized carbons (Fsp3) is 0.333. The number of aliphatic carboxylic acids is 1. The van der Waals surface area contributed by atoms with Crippen molar-refractivity contribution in [1.82, 2.24) is 5.32 Å². The van der Waals surface area contributed by atoms with Crippen LogP contribution in [-0.2, 0) is 4.79 Å². The molecular formula is C15H16ClNO3. The van der Waals surface area contributed by atoms with Gasteiger partial charge in [-0.25, -0.2) is 4.79 Å². The second kappa shape index (κ2) is 5.67. The molecule has 5 heteroatoms. The first-order valence-electron chi connectivity index (χ1n) is 6.43. The molecule has 20 heavy (non-hydrogen) atoms. The highest BCUT2D eigenvalue weighted by Gasteiger charge is 2.33. The molecule has 1 amide bonds. The summed E-state index contributed by atoms with van der Waals surface area (Å²) in [6.07, 6.45) is 5.53. The minimum atomic E-state index is -1.04. The van der Waals surface area contributed by atoms with Crippen molar-refractivity contribution in [2.75, 3.05) is 0 Å². The predicted octanol–water partition coefficient (Wildman–Crippen LogP) is 3.11. The summed E-state index contributed by atoms with van der Waals surface area (Å²) in [7, 11) is 0. The Kier molecular flexibility index (Phi) is 4.14. The van der Waals surface area contributed by atoms with Gasteiger partial charge in [-0.3, -0.25) is 4.79 Å². The van der Waals surface area contributed by atoms with Gasteiger partial charge < -0.3 is 10.4 Å². The van der Waals surface area contributed by atoms with Crippen LogP contribution in [0.5, 0.6) is 0 Å². The first kappa shape index (κ1) is 14.6. The zero-order valence-electron chi connectivity index (χ0n) is 11.1. The summed E-state index contributed by atoms with van der Waals surface area (Å²) in [5.74, 6) is -1.19. The molecule has 4 nitrogen and oxygen atoms in total. The number of carbonyl (C=O) groups is 2. The van der Waals surface area contributed by atoms with Crippen molar-refractivity contribution in [2.24, 2.45) is 0 Å². The van der Waals surface area contributed by atoms with Crippen LogP contribution < -0.4 is 5.32 Å². The summed E-state index contributed by atoms with van der Waals surface area (Å²) in [5.41, 5.74) is 0.946. The smallest absolute Gasteiger partial charge is 0.328 e. The van der Waals surface area contributed by atoms with Gasteiger partial charge in [-0.15, -0.1) is 0 Å². The second-order valence-electron chi connectivity index (χ2n) is 5.28. The third-order valence-corrected chi connectivity index (χ3v) is 3.87. The number of nitrogens with one attached hydrogen (secondary N) is 1. The minimum absolute atomic E-state index is 0.106. The number of halogens is 1. The van der Waals surface area contributed by atoms with E-state index in [-0.39, 0.29) is 11.4 Å². The summed E-state index contributed by atoms with van der Waals surface area (Å²) >= 11 is 6.05. The van der Waals surface area contributed by atoms with Crippen LogP contribution in [0.4, 0.5) is 0 Å². The van der Waals surface area contributed by atoms with Crippen LogP contribution in [0.2, 0.25) is 5.02 Å². The van der Waals surface area contributed by atoms with Gasteiger partial charge >= 0.3 is 5.97 Å². The molecule has 0 atom stereocenters. The third-order valence-electron chi connectivity index (χ3n) is 3.54. The van der Waals surface area contributed by atoms with E-state index in [2.05, 4.69) is 5.32 Å². The van der Waals surface area contributed by atoms with E-state index in [0.29, 0.717) is 16.1 Å². The standard InChI is InChI=1S/C15H16ClNO3/c1-15(7-2-8-15)17-14(20)11-4-3-10(12(16)9-11)5-6-13(18)19/h3-6,9H,2,7-8H2,1H3,(H,17,20)(H,18,19)/b6-5+. The fourth-order valence-corrected chi connectivity index (χ4v) is 2.39. The molecule has 1 saturated carbocycles. The molecular weight excluding hydrogens is 278 g/mol. The number of benzene rings is 1. The molecule has 1 aliphatic rings. The van der Waals surface area contributed by atoms with E-state index in [4.69, 9.17) is 16.7 Å². The molecule has 106 valence electrons. The summed E-state index contributed by atoms with van der Waals surface area (Å²) in [5, 5.41) is 11.9. The molecule has 0 aromatic heterocycles. The monoisotopic (exact) mass is 293 g/mol.